The second-order valence-corrected chi connectivity index (χ2v) is 6.59. The van der Waals surface area contributed by atoms with Crippen molar-refractivity contribution in [2.75, 3.05) is 69.6 Å². The Kier molecular flexibility index (Phi) is 6.03. The molecule has 1 fully saturated rings. The molecule has 2 aromatic rings. The van der Waals surface area contributed by atoms with Crippen LogP contribution < -0.4 is 24.6 Å². The van der Waals surface area contributed by atoms with Crippen LogP contribution in [0, 0.1) is 0 Å². The number of rotatable bonds is 5. The zero-order valence-electron chi connectivity index (χ0n) is 16.7. The maximum absolute atomic E-state index is 12.7. The Labute approximate surface area is 164 Å². The number of aromatic nitrogens is 2. The minimum absolute atomic E-state index is 0.166. The van der Waals surface area contributed by atoms with Crippen molar-refractivity contribution in [2.24, 2.45) is 0 Å². The van der Waals surface area contributed by atoms with Gasteiger partial charge in [-0.25, -0.2) is 4.79 Å². The Morgan fingerprint density at radius 1 is 1.04 bits per heavy atom. The molecule has 150 valence electrons. The highest BCUT2D eigenvalue weighted by molar-refractivity contribution is 5.91. The molecule has 28 heavy (non-hydrogen) atoms. The highest BCUT2D eigenvalue weighted by Crippen LogP contribution is 2.34. The van der Waals surface area contributed by atoms with E-state index in [2.05, 4.69) is 20.4 Å². The van der Waals surface area contributed by atoms with Gasteiger partial charge < -0.3 is 29.5 Å². The van der Waals surface area contributed by atoms with Crippen LogP contribution >= 0.6 is 0 Å². The standard InChI is InChI=1S/C19H26N6O3/c1-23(2)16-8-9-17(22-21-16)24-10-12-25(13-11-24)19(26)20-14-6-5-7-15(27-3)18(14)28-4/h5-9H,10-13H2,1-4H3,(H,20,26). The van der Waals surface area contributed by atoms with Crippen molar-refractivity contribution in [3.63, 3.8) is 0 Å². The quantitative estimate of drug-likeness (QED) is 0.840. The van der Waals surface area contributed by atoms with E-state index < -0.39 is 0 Å². The summed E-state index contributed by atoms with van der Waals surface area (Å²) in [7, 11) is 6.97. The third-order valence-corrected chi connectivity index (χ3v) is 4.63. The Hall–Kier alpha value is -3.23. The molecule has 1 aliphatic rings. The lowest BCUT2D eigenvalue weighted by Gasteiger charge is -2.35. The zero-order valence-corrected chi connectivity index (χ0v) is 16.7. The number of anilines is 3. The van der Waals surface area contributed by atoms with Gasteiger partial charge in [-0.3, -0.25) is 0 Å². The van der Waals surface area contributed by atoms with Gasteiger partial charge in [0.25, 0.3) is 0 Å². The number of ether oxygens (including phenoxy) is 2. The smallest absolute Gasteiger partial charge is 0.322 e. The lowest BCUT2D eigenvalue weighted by molar-refractivity contribution is 0.208. The predicted octanol–water partition coefficient (Wildman–Crippen LogP) is 1.91. The molecule has 1 aliphatic heterocycles. The van der Waals surface area contributed by atoms with Gasteiger partial charge in [0.15, 0.2) is 23.1 Å². The maximum atomic E-state index is 12.7. The van der Waals surface area contributed by atoms with Gasteiger partial charge in [0, 0.05) is 40.3 Å². The number of methoxy groups -OCH3 is 2. The van der Waals surface area contributed by atoms with Crippen molar-refractivity contribution in [3.05, 3.63) is 30.3 Å². The van der Waals surface area contributed by atoms with Crippen LogP contribution in [0.15, 0.2) is 30.3 Å². The van der Waals surface area contributed by atoms with E-state index in [1.165, 1.54) is 0 Å². The van der Waals surface area contributed by atoms with E-state index in [9.17, 15) is 4.79 Å². The number of urea groups is 1. The largest absolute Gasteiger partial charge is 0.493 e. The molecular weight excluding hydrogens is 360 g/mol. The molecule has 1 aromatic carbocycles. The Bertz CT molecular complexity index is 804. The van der Waals surface area contributed by atoms with Crippen LogP contribution in [0.4, 0.5) is 22.1 Å². The number of carbonyl (C=O) groups is 1. The lowest BCUT2D eigenvalue weighted by atomic mass is 10.2. The van der Waals surface area contributed by atoms with Crippen molar-refractivity contribution in [1.29, 1.82) is 0 Å². The van der Waals surface area contributed by atoms with E-state index >= 15 is 0 Å². The molecule has 3 rings (SSSR count). The lowest BCUT2D eigenvalue weighted by Crippen LogP contribution is -2.50. The number of carbonyl (C=O) groups excluding carboxylic acids is 1. The van der Waals surface area contributed by atoms with Gasteiger partial charge in [-0.15, -0.1) is 10.2 Å². The van der Waals surface area contributed by atoms with Crippen LogP contribution in [0.1, 0.15) is 0 Å². The molecule has 1 aromatic heterocycles. The van der Waals surface area contributed by atoms with E-state index in [4.69, 9.17) is 9.47 Å². The first-order valence-corrected chi connectivity index (χ1v) is 9.06. The molecule has 0 aliphatic carbocycles. The number of benzene rings is 1. The summed E-state index contributed by atoms with van der Waals surface area (Å²) in [5.74, 6) is 2.72. The number of hydrogen-bond acceptors (Lipinski definition) is 7. The van der Waals surface area contributed by atoms with Crippen LogP contribution in [-0.4, -0.2) is 75.6 Å². The molecule has 0 saturated carbocycles. The topological polar surface area (TPSA) is 83.1 Å². The van der Waals surface area contributed by atoms with E-state index in [0.29, 0.717) is 43.4 Å². The predicted molar refractivity (Wildman–Crippen MR) is 109 cm³/mol. The highest BCUT2D eigenvalue weighted by Gasteiger charge is 2.23. The van der Waals surface area contributed by atoms with E-state index in [1.807, 2.05) is 37.2 Å². The monoisotopic (exact) mass is 386 g/mol. The summed E-state index contributed by atoms with van der Waals surface area (Å²) in [6.07, 6.45) is 0. The Morgan fingerprint density at radius 2 is 1.79 bits per heavy atom. The summed E-state index contributed by atoms with van der Waals surface area (Å²) >= 11 is 0. The molecule has 2 amide bonds. The summed E-state index contributed by atoms with van der Waals surface area (Å²) < 4.78 is 10.6. The van der Waals surface area contributed by atoms with Crippen LogP contribution in [0.25, 0.3) is 0 Å². The van der Waals surface area contributed by atoms with E-state index in [1.54, 1.807) is 31.3 Å². The normalized spacial score (nSPS) is 13.9. The van der Waals surface area contributed by atoms with Gasteiger partial charge in [0.05, 0.1) is 19.9 Å². The van der Waals surface area contributed by atoms with Crippen molar-refractivity contribution in [3.8, 4) is 11.5 Å². The summed E-state index contributed by atoms with van der Waals surface area (Å²) in [4.78, 5) is 18.5. The second kappa shape index (κ2) is 8.64. The van der Waals surface area contributed by atoms with Crippen LogP contribution in [0.5, 0.6) is 11.5 Å². The average Bonchev–Trinajstić information content (AvgIpc) is 2.73. The molecule has 0 atom stereocenters. The summed E-state index contributed by atoms with van der Waals surface area (Å²) in [5.41, 5.74) is 0.583. The summed E-state index contributed by atoms with van der Waals surface area (Å²) in [6, 6.07) is 9.12. The fourth-order valence-corrected chi connectivity index (χ4v) is 3.04. The molecule has 0 unspecified atom stereocenters. The molecule has 0 radical (unpaired) electrons. The molecule has 9 heteroatoms. The third kappa shape index (κ3) is 4.19. The molecule has 0 spiro atoms. The number of para-hydroxylation sites is 1. The zero-order chi connectivity index (χ0) is 20.1. The molecule has 0 bridgehead atoms. The number of nitrogens with zero attached hydrogens (tertiary/aromatic N) is 5. The number of nitrogens with one attached hydrogen (secondary N) is 1. The molecule has 2 heterocycles. The summed E-state index contributed by atoms with van der Waals surface area (Å²) in [5, 5.41) is 11.4. The van der Waals surface area contributed by atoms with Gasteiger partial charge in [-0.2, -0.15) is 0 Å². The van der Waals surface area contributed by atoms with Crippen LogP contribution in [-0.2, 0) is 0 Å². The van der Waals surface area contributed by atoms with Gasteiger partial charge in [0.2, 0.25) is 0 Å². The second-order valence-electron chi connectivity index (χ2n) is 6.59. The minimum Gasteiger partial charge on any atom is -0.493 e. The Balaban J connectivity index is 1.60. The van der Waals surface area contributed by atoms with Crippen molar-refractivity contribution < 1.29 is 14.3 Å². The number of amides is 2. The van der Waals surface area contributed by atoms with E-state index in [0.717, 1.165) is 11.6 Å². The van der Waals surface area contributed by atoms with Crippen molar-refractivity contribution in [2.45, 2.75) is 0 Å². The average molecular weight is 386 g/mol. The van der Waals surface area contributed by atoms with Gasteiger partial charge >= 0.3 is 6.03 Å². The SMILES string of the molecule is COc1cccc(NC(=O)N2CCN(c3ccc(N(C)C)nn3)CC2)c1OC. The molecular formula is C19H26N6O3. The van der Waals surface area contributed by atoms with Gasteiger partial charge in [-0.1, -0.05) is 6.07 Å². The van der Waals surface area contributed by atoms with Crippen LogP contribution in [0.3, 0.4) is 0 Å². The minimum atomic E-state index is -0.166. The number of piperazine rings is 1. The van der Waals surface area contributed by atoms with Crippen molar-refractivity contribution >= 4 is 23.4 Å². The van der Waals surface area contributed by atoms with Gasteiger partial charge in [-0.05, 0) is 24.3 Å². The first-order chi connectivity index (χ1) is 13.5. The first-order valence-electron chi connectivity index (χ1n) is 9.06. The highest BCUT2D eigenvalue weighted by atomic mass is 16.5. The Morgan fingerprint density at radius 3 is 2.36 bits per heavy atom. The van der Waals surface area contributed by atoms with Crippen LogP contribution in [0.2, 0.25) is 0 Å². The third-order valence-electron chi connectivity index (χ3n) is 4.63. The maximum Gasteiger partial charge on any atom is 0.322 e. The number of hydrogen-bond donors (Lipinski definition) is 1. The first kappa shape index (κ1) is 19.5. The van der Waals surface area contributed by atoms with Gasteiger partial charge in [0.1, 0.15) is 0 Å². The van der Waals surface area contributed by atoms with Crippen molar-refractivity contribution in [1.82, 2.24) is 15.1 Å². The fourth-order valence-electron chi connectivity index (χ4n) is 3.04. The molecule has 1 saturated heterocycles. The fraction of sp³-hybridized carbons (Fsp3) is 0.421. The summed E-state index contributed by atoms with van der Waals surface area (Å²) in [6.45, 7) is 2.57. The van der Waals surface area contributed by atoms with E-state index in [-0.39, 0.29) is 6.03 Å². The molecule has 9 nitrogen and oxygen atoms in total. The molecule has 1 N–H and O–H groups in total.